The molecule has 15 heavy (non-hydrogen) atoms. The minimum Gasteiger partial charge on any atom is -0.102 e. The molecule has 0 saturated carbocycles. The molecule has 0 radical (unpaired) electrons. The predicted octanol–water partition coefficient (Wildman–Crippen LogP) is -5.72. The van der Waals surface area contributed by atoms with E-state index in [9.17, 15) is 0 Å². The Balaban J connectivity index is 3.68. The van der Waals surface area contributed by atoms with Crippen molar-refractivity contribution in [2.24, 2.45) is 0 Å². The van der Waals surface area contributed by atoms with Crippen LogP contribution in [0.25, 0.3) is 0 Å². The summed E-state index contributed by atoms with van der Waals surface area (Å²) in [5, 5.41) is 0. The van der Waals surface area contributed by atoms with Crippen molar-refractivity contribution in [2.75, 3.05) is 0 Å². The van der Waals surface area contributed by atoms with Crippen molar-refractivity contribution >= 4 is 66.5 Å². The molecule has 0 aliphatic carbocycles. The summed E-state index contributed by atoms with van der Waals surface area (Å²) in [6.07, 6.45) is 0. The van der Waals surface area contributed by atoms with Gasteiger partial charge in [-0.1, -0.05) is 37.3 Å². The molecule has 0 atom stereocenters. The molecule has 0 aliphatic rings. The van der Waals surface area contributed by atoms with Gasteiger partial charge in [0.2, 0.25) is 0 Å². The molecule has 0 unspecified atom stereocenters. The van der Waals surface area contributed by atoms with Gasteiger partial charge in [-0.3, -0.25) is 0 Å². The highest BCUT2D eigenvalue weighted by atomic mass is 14.2. The first kappa shape index (κ1) is 12.6. The topological polar surface area (TPSA) is 0 Å². The van der Waals surface area contributed by atoms with Crippen molar-refractivity contribution in [1.82, 2.24) is 0 Å². The molecular weight excluding hydrogens is 174 g/mol. The van der Waals surface area contributed by atoms with Gasteiger partial charge in [0.15, 0.2) is 0 Å². The van der Waals surface area contributed by atoms with Gasteiger partial charge in [-0.25, -0.2) is 0 Å². The van der Waals surface area contributed by atoms with Crippen molar-refractivity contribution in [3.8, 4) is 0 Å². The van der Waals surface area contributed by atoms with E-state index in [0.717, 1.165) is 0 Å². The highest BCUT2D eigenvalue weighted by Crippen LogP contribution is 2.16. The van der Waals surface area contributed by atoms with Crippen LogP contribution in [0.2, 0.25) is 0 Å². The lowest BCUT2D eigenvalue weighted by atomic mass is 9.57. The summed E-state index contributed by atoms with van der Waals surface area (Å²) in [6, 6.07) is 0. The van der Waals surface area contributed by atoms with Gasteiger partial charge in [0.25, 0.3) is 0 Å². The zero-order valence-electron chi connectivity index (χ0n) is 11.5. The summed E-state index contributed by atoms with van der Waals surface area (Å²) >= 11 is 0. The number of hydrogen-bond acceptors (Lipinski definition) is 0. The fourth-order valence-electron chi connectivity index (χ4n) is 2.62. The van der Waals surface area contributed by atoms with Gasteiger partial charge in [0.1, 0.15) is 39.2 Å². The van der Waals surface area contributed by atoms with Crippen LogP contribution in [0.5, 0.6) is 0 Å². The van der Waals surface area contributed by atoms with Crippen molar-refractivity contribution in [1.29, 1.82) is 0 Å². The fourth-order valence-corrected chi connectivity index (χ4v) is 2.62. The molecule has 0 bridgehead atoms. The SMILES string of the molecule is Bc1c(B)c(B)c(C(C)(C)C)c(B)c1B. The zero-order valence-corrected chi connectivity index (χ0v) is 11.5. The first-order chi connectivity index (χ1) is 6.68. The van der Waals surface area contributed by atoms with Gasteiger partial charge in [0, 0.05) is 0 Å². The lowest BCUT2D eigenvalue weighted by Crippen LogP contribution is -2.58. The molecular formula is C10H19B5. The maximum absolute atomic E-state index is 2.30. The molecule has 5 heteroatoms. The molecule has 0 fully saturated rings. The van der Waals surface area contributed by atoms with Crippen LogP contribution >= 0.6 is 0 Å². The molecule has 0 heterocycles. The minimum atomic E-state index is 0.247. The Labute approximate surface area is 98.7 Å². The van der Waals surface area contributed by atoms with Crippen LogP contribution in [0.3, 0.4) is 0 Å². The third kappa shape index (κ3) is 2.07. The molecule has 74 valence electrons. The third-order valence-electron chi connectivity index (χ3n) is 3.75. The van der Waals surface area contributed by atoms with Crippen LogP contribution in [0.1, 0.15) is 26.3 Å². The summed E-state index contributed by atoms with van der Waals surface area (Å²) < 4.78 is 0. The van der Waals surface area contributed by atoms with E-state index in [-0.39, 0.29) is 5.41 Å². The Kier molecular flexibility index (Phi) is 3.23. The fraction of sp³-hybridized carbons (Fsp3) is 0.400. The second kappa shape index (κ2) is 3.85. The lowest BCUT2D eigenvalue weighted by Gasteiger charge is -2.29. The molecule has 1 aromatic rings. The third-order valence-corrected chi connectivity index (χ3v) is 3.75. The van der Waals surface area contributed by atoms with Crippen molar-refractivity contribution in [3.63, 3.8) is 0 Å². The maximum atomic E-state index is 2.30. The van der Waals surface area contributed by atoms with Crippen LogP contribution in [-0.2, 0) is 5.41 Å². The van der Waals surface area contributed by atoms with Gasteiger partial charge < -0.3 is 0 Å². The maximum Gasteiger partial charge on any atom is 0.138 e. The minimum absolute atomic E-state index is 0.247. The van der Waals surface area contributed by atoms with Gasteiger partial charge >= 0.3 is 0 Å². The van der Waals surface area contributed by atoms with Gasteiger partial charge in [-0.2, -0.15) is 0 Å². The first-order valence-electron chi connectivity index (χ1n) is 5.75. The van der Waals surface area contributed by atoms with Crippen molar-refractivity contribution < 1.29 is 0 Å². The second-order valence-electron chi connectivity index (χ2n) is 5.75. The average molecular weight is 193 g/mol. The van der Waals surface area contributed by atoms with E-state index < -0.39 is 0 Å². The molecule has 1 rings (SSSR count). The predicted molar refractivity (Wildman–Crippen MR) is 86.0 cm³/mol. The van der Waals surface area contributed by atoms with Crippen LogP contribution < -0.4 is 27.3 Å². The molecule has 0 nitrogen and oxygen atoms in total. The Morgan fingerprint density at radius 3 is 1.13 bits per heavy atom. The molecule has 0 saturated heterocycles. The Morgan fingerprint density at radius 2 is 0.867 bits per heavy atom. The van der Waals surface area contributed by atoms with E-state index in [1.165, 1.54) is 32.9 Å². The van der Waals surface area contributed by atoms with Gasteiger partial charge in [-0.05, 0) is 5.41 Å². The highest BCUT2D eigenvalue weighted by molar-refractivity contribution is 6.67. The van der Waals surface area contributed by atoms with Gasteiger partial charge in [0.05, 0.1) is 0 Å². The van der Waals surface area contributed by atoms with E-state index in [0.29, 0.717) is 0 Å². The van der Waals surface area contributed by atoms with E-state index in [1.807, 2.05) is 0 Å². The van der Waals surface area contributed by atoms with Crippen molar-refractivity contribution in [2.45, 2.75) is 26.2 Å². The molecule has 0 aromatic heterocycles. The molecule has 0 aliphatic heterocycles. The monoisotopic (exact) mass is 194 g/mol. The Bertz CT molecular complexity index is 374. The van der Waals surface area contributed by atoms with Crippen LogP contribution in [0, 0.1) is 0 Å². The molecule has 1 aromatic carbocycles. The summed E-state index contributed by atoms with van der Waals surface area (Å²) in [4.78, 5) is 0. The number of rotatable bonds is 0. The van der Waals surface area contributed by atoms with E-state index in [4.69, 9.17) is 0 Å². The quantitative estimate of drug-likeness (QED) is 0.360. The Hall–Kier alpha value is -0.455. The molecule has 0 spiro atoms. The summed E-state index contributed by atoms with van der Waals surface area (Å²) in [5.41, 5.74) is 9.11. The lowest BCUT2D eigenvalue weighted by molar-refractivity contribution is 0.598. The Morgan fingerprint density at radius 1 is 0.600 bits per heavy atom. The first-order valence-corrected chi connectivity index (χ1v) is 5.75. The van der Waals surface area contributed by atoms with E-state index >= 15 is 0 Å². The van der Waals surface area contributed by atoms with Crippen LogP contribution in [0.4, 0.5) is 0 Å². The number of benzene rings is 1. The van der Waals surface area contributed by atoms with Crippen LogP contribution in [0.15, 0.2) is 0 Å². The van der Waals surface area contributed by atoms with E-state index in [2.05, 4.69) is 60.0 Å². The largest absolute Gasteiger partial charge is 0.138 e. The highest BCUT2D eigenvalue weighted by Gasteiger charge is 2.21. The summed E-state index contributed by atoms with van der Waals surface area (Å²) in [7, 11) is 11.2. The standard InChI is InChI=1S/C10H19B5/c1-10(2,3)4-5(11)7(13)9(15)8(14)6(4)12/h11-15H2,1-3H3. The summed E-state index contributed by atoms with van der Waals surface area (Å²) in [5.74, 6) is 0. The summed E-state index contributed by atoms with van der Waals surface area (Å²) in [6.45, 7) is 6.91. The van der Waals surface area contributed by atoms with Crippen molar-refractivity contribution in [3.05, 3.63) is 5.56 Å². The number of hydrogen-bond donors (Lipinski definition) is 0. The second-order valence-corrected chi connectivity index (χ2v) is 5.75. The zero-order chi connectivity index (χ0) is 12.0. The van der Waals surface area contributed by atoms with Gasteiger partial charge in [-0.15, -0.1) is 16.4 Å². The molecule has 0 N–H and O–H groups in total. The van der Waals surface area contributed by atoms with Crippen LogP contribution in [-0.4, -0.2) is 39.2 Å². The smallest absolute Gasteiger partial charge is 0.102 e. The molecule has 0 amide bonds. The average Bonchev–Trinajstić information content (AvgIpc) is 2.09. The van der Waals surface area contributed by atoms with E-state index in [1.54, 1.807) is 0 Å². The normalized spacial score (nSPS) is 11.7.